The smallest absolute Gasteiger partial charge is 0.0629 e. The number of nitrogens with two attached hydrogens (primary N) is 1. The van der Waals surface area contributed by atoms with E-state index in [0.717, 1.165) is 13.1 Å². The molecule has 0 radical (unpaired) electrons. The molecule has 5 nitrogen and oxygen atoms in total. The average Bonchev–Trinajstić information content (AvgIpc) is 2.80. The first-order valence-corrected chi connectivity index (χ1v) is 6.47. The van der Waals surface area contributed by atoms with E-state index in [-0.39, 0.29) is 18.7 Å². The highest BCUT2D eigenvalue weighted by Crippen LogP contribution is 2.08. The summed E-state index contributed by atoms with van der Waals surface area (Å²) in [5.41, 5.74) is 5.98. The van der Waals surface area contributed by atoms with Gasteiger partial charge in [0.15, 0.2) is 0 Å². The van der Waals surface area contributed by atoms with Crippen LogP contribution < -0.4 is 5.73 Å². The van der Waals surface area contributed by atoms with Gasteiger partial charge >= 0.3 is 0 Å². The topological polar surface area (TPSA) is 62.0 Å². The van der Waals surface area contributed by atoms with Crippen molar-refractivity contribution in [3.63, 3.8) is 0 Å². The van der Waals surface area contributed by atoms with Gasteiger partial charge in [0.05, 0.1) is 13.2 Å². The minimum Gasteiger partial charge on any atom is -0.395 e. The predicted octanol–water partition coefficient (Wildman–Crippen LogP) is -0.651. The van der Waals surface area contributed by atoms with Crippen LogP contribution in [0.4, 0.5) is 0 Å². The molecule has 0 aromatic carbocycles. The van der Waals surface area contributed by atoms with Gasteiger partial charge in [-0.15, -0.1) is 0 Å². The van der Waals surface area contributed by atoms with Crippen LogP contribution in [-0.2, 0) is 4.74 Å². The van der Waals surface area contributed by atoms with Crippen molar-refractivity contribution in [2.45, 2.75) is 24.9 Å². The molecule has 1 aliphatic heterocycles. The van der Waals surface area contributed by atoms with Crippen LogP contribution in [0.25, 0.3) is 0 Å². The Balaban J connectivity index is 2.29. The highest BCUT2D eigenvalue weighted by Gasteiger charge is 2.22. The fraction of sp³-hybridized carbons (Fsp3) is 1.00. The van der Waals surface area contributed by atoms with E-state index in [2.05, 4.69) is 9.80 Å². The third kappa shape index (κ3) is 4.89. The van der Waals surface area contributed by atoms with Crippen LogP contribution in [-0.4, -0.2) is 80.5 Å². The predicted molar refractivity (Wildman–Crippen MR) is 69.0 cm³/mol. The molecule has 0 aromatic rings. The Morgan fingerprint density at radius 2 is 2.06 bits per heavy atom. The number of hydrogen-bond acceptors (Lipinski definition) is 5. The summed E-state index contributed by atoms with van der Waals surface area (Å²) in [5.74, 6) is 0. The number of likely N-dealkylation sites (N-methyl/N-ethyl adjacent to an activating group) is 1. The van der Waals surface area contributed by atoms with Crippen molar-refractivity contribution in [3.05, 3.63) is 0 Å². The molecule has 102 valence electrons. The Hall–Kier alpha value is -0.200. The Morgan fingerprint density at radius 3 is 2.59 bits per heavy atom. The van der Waals surface area contributed by atoms with Crippen molar-refractivity contribution >= 4 is 0 Å². The molecule has 5 heteroatoms. The largest absolute Gasteiger partial charge is 0.395 e. The van der Waals surface area contributed by atoms with Crippen LogP contribution in [0.1, 0.15) is 12.8 Å². The second-order valence-corrected chi connectivity index (χ2v) is 4.90. The molecule has 0 aromatic heterocycles. The minimum atomic E-state index is -0.131. The Bertz CT molecular complexity index is 198. The normalized spacial score (nSPS) is 21.0. The van der Waals surface area contributed by atoms with Gasteiger partial charge < -0.3 is 20.5 Å². The second kappa shape index (κ2) is 8.00. The van der Waals surface area contributed by atoms with Crippen LogP contribution >= 0.6 is 0 Å². The van der Waals surface area contributed by atoms with Crippen molar-refractivity contribution < 1.29 is 9.84 Å². The van der Waals surface area contributed by atoms with E-state index in [1.807, 2.05) is 7.05 Å². The molecule has 1 fully saturated rings. The van der Waals surface area contributed by atoms with E-state index in [4.69, 9.17) is 10.5 Å². The zero-order valence-corrected chi connectivity index (χ0v) is 11.1. The maximum absolute atomic E-state index is 9.39. The van der Waals surface area contributed by atoms with Crippen molar-refractivity contribution in [3.8, 4) is 0 Å². The lowest BCUT2D eigenvalue weighted by Crippen LogP contribution is -2.52. The fourth-order valence-corrected chi connectivity index (χ4v) is 2.38. The molecule has 0 saturated carbocycles. The van der Waals surface area contributed by atoms with Crippen LogP contribution in [0, 0.1) is 0 Å². The number of hydrogen-bond donors (Lipinski definition) is 2. The number of rotatable bonds is 8. The number of nitrogens with zero attached hydrogens (tertiary/aromatic N) is 2. The van der Waals surface area contributed by atoms with E-state index in [1.54, 1.807) is 7.11 Å². The zero-order valence-electron chi connectivity index (χ0n) is 11.1. The van der Waals surface area contributed by atoms with Gasteiger partial charge in [0, 0.05) is 32.3 Å². The molecule has 1 saturated heterocycles. The van der Waals surface area contributed by atoms with Gasteiger partial charge in [-0.1, -0.05) is 0 Å². The summed E-state index contributed by atoms with van der Waals surface area (Å²) in [6.07, 6.45) is 2.63. The molecule has 2 unspecified atom stereocenters. The van der Waals surface area contributed by atoms with E-state index >= 15 is 0 Å². The van der Waals surface area contributed by atoms with Crippen LogP contribution in [0.3, 0.4) is 0 Å². The summed E-state index contributed by atoms with van der Waals surface area (Å²) < 4.78 is 5.04. The third-order valence-electron chi connectivity index (χ3n) is 3.57. The SMILES string of the molecule is COCC(N)C(CO)N(C)CCN1CCCC1. The Morgan fingerprint density at radius 1 is 1.41 bits per heavy atom. The van der Waals surface area contributed by atoms with Crippen LogP contribution in [0.15, 0.2) is 0 Å². The molecule has 3 N–H and O–H groups in total. The van der Waals surface area contributed by atoms with E-state index in [0.29, 0.717) is 6.61 Å². The van der Waals surface area contributed by atoms with Crippen molar-refractivity contribution in [2.24, 2.45) is 5.73 Å². The number of aliphatic hydroxyl groups excluding tert-OH is 1. The summed E-state index contributed by atoms with van der Waals surface area (Å²) in [7, 11) is 3.66. The van der Waals surface area contributed by atoms with Gasteiger partial charge in [-0.25, -0.2) is 0 Å². The number of likely N-dealkylation sites (tertiary alicyclic amines) is 1. The summed E-state index contributed by atoms with van der Waals surface area (Å²) in [6, 6.07) is -0.147. The lowest BCUT2D eigenvalue weighted by Gasteiger charge is -2.32. The molecule has 1 heterocycles. The lowest BCUT2D eigenvalue weighted by molar-refractivity contribution is 0.0804. The molecular formula is C12H27N3O2. The summed E-state index contributed by atoms with van der Waals surface area (Å²) in [4.78, 5) is 4.61. The monoisotopic (exact) mass is 245 g/mol. The van der Waals surface area contributed by atoms with Crippen LogP contribution in [0.2, 0.25) is 0 Å². The maximum Gasteiger partial charge on any atom is 0.0629 e. The zero-order chi connectivity index (χ0) is 12.7. The van der Waals surface area contributed by atoms with E-state index < -0.39 is 0 Å². The second-order valence-electron chi connectivity index (χ2n) is 4.90. The summed E-state index contributed by atoms with van der Waals surface area (Å²) in [5, 5.41) is 9.39. The molecule has 1 rings (SSSR count). The molecule has 0 amide bonds. The molecule has 0 spiro atoms. The fourth-order valence-electron chi connectivity index (χ4n) is 2.38. The maximum atomic E-state index is 9.39. The standard InChI is InChI=1S/C12H27N3O2/c1-14(7-8-15-5-3-4-6-15)12(9-16)11(13)10-17-2/h11-12,16H,3-10,13H2,1-2H3. The number of aliphatic hydroxyl groups is 1. The van der Waals surface area contributed by atoms with Crippen LogP contribution in [0.5, 0.6) is 0 Å². The molecular weight excluding hydrogens is 218 g/mol. The summed E-state index contributed by atoms with van der Waals surface area (Å²) in [6.45, 7) is 5.00. The quantitative estimate of drug-likeness (QED) is 0.595. The van der Waals surface area contributed by atoms with Gasteiger partial charge in [0.1, 0.15) is 0 Å². The van der Waals surface area contributed by atoms with E-state index in [9.17, 15) is 5.11 Å². The van der Waals surface area contributed by atoms with Gasteiger partial charge in [-0.05, 0) is 33.0 Å². The Kier molecular flexibility index (Phi) is 6.99. The first-order valence-electron chi connectivity index (χ1n) is 6.47. The average molecular weight is 245 g/mol. The minimum absolute atomic E-state index is 0.0162. The highest BCUT2D eigenvalue weighted by molar-refractivity contribution is 4.80. The molecule has 0 aliphatic carbocycles. The molecule has 0 bridgehead atoms. The molecule has 17 heavy (non-hydrogen) atoms. The molecule has 1 aliphatic rings. The van der Waals surface area contributed by atoms with Gasteiger partial charge in [-0.2, -0.15) is 0 Å². The van der Waals surface area contributed by atoms with Crippen molar-refractivity contribution in [1.82, 2.24) is 9.80 Å². The summed E-state index contributed by atoms with van der Waals surface area (Å²) >= 11 is 0. The van der Waals surface area contributed by atoms with Crippen molar-refractivity contribution in [1.29, 1.82) is 0 Å². The van der Waals surface area contributed by atoms with Gasteiger partial charge in [-0.3, -0.25) is 4.90 Å². The Labute approximate surface area is 105 Å². The lowest BCUT2D eigenvalue weighted by atomic mass is 10.1. The van der Waals surface area contributed by atoms with Crippen molar-refractivity contribution in [2.75, 3.05) is 53.6 Å². The van der Waals surface area contributed by atoms with Gasteiger partial charge in [0.25, 0.3) is 0 Å². The first kappa shape index (κ1) is 14.9. The van der Waals surface area contributed by atoms with E-state index in [1.165, 1.54) is 25.9 Å². The number of methoxy groups -OCH3 is 1. The highest BCUT2D eigenvalue weighted by atomic mass is 16.5. The number of ether oxygens (including phenoxy) is 1. The molecule has 2 atom stereocenters. The van der Waals surface area contributed by atoms with Gasteiger partial charge in [0.2, 0.25) is 0 Å². The third-order valence-corrected chi connectivity index (χ3v) is 3.57. The first-order chi connectivity index (χ1) is 8.19.